The van der Waals surface area contributed by atoms with Gasteiger partial charge in [-0.1, -0.05) is 20.8 Å². The van der Waals surface area contributed by atoms with E-state index >= 15 is 0 Å². The third-order valence-corrected chi connectivity index (χ3v) is 2.17. The topological polar surface area (TPSA) is 66.8 Å². The van der Waals surface area contributed by atoms with Crippen LogP contribution in [0.15, 0.2) is 0 Å². The van der Waals surface area contributed by atoms with Gasteiger partial charge in [0.1, 0.15) is 6.04 Å². The van der Waals surface area contributed by atoms with Gasteiger partial charge in [0.2, 0.25) is 0 Å². The van der Waals surface area contributed by atoms with Crippen molar-refractivity contribution in [3.8, 4) is 0 Å². The summed E-state index contributed by atoms with van der Waals surface area (Å²) in [5.74, 6) is -0.429. The summed E-state index contributed by atoms with van der Waals surface area (Å²) in [4.78, 5) is 23.5. The second-order valence-electron chi connectivity index (χ2n) is 4.94. The summed E-state index contributed by atoms with van der Waals surface area (Å²) in [6.07, 6.45) is -0.602. The maximum atomic E-state index is 11.3. The summed E-state index contributed by atoms with van der Waals surface area (Å²) < 4.78 is 4.77. The van der Waals surface area contributed by atoms with E-state index in [2.05, 4.69) is 0 Å². The first kappa shape index (κ1) is 11.8. The quantitative estimate of drug-likeness (QED) is 0.705. The van der Waals surface area contributed by atoms with E-state index in [4.69, 9.17) is 9.84 Å². The van der Waals surface area contributed by atoms with Crippen LogP contribution in [0.2, 0.25) is 0 Å². The molecule has 1 aliphatic heterocycles. The standard InChI is InChI=1S/C10H17NO4/c1-10(2,3)6-11(9(13)14)7-4-5-15-8(7)12/h7H,4-6H2,1-3H3,(H,13,14). The van der Waals surface area contributed by atoms with Gasteiger partial charge in [0.05, 0.1) is 6.61 Å². The van der Waals surface area contributed by atoms with E-state index in [-0.39, 0.29) is 5.41 Å². The molecule has 0 spiro atoms. The van der Waals surface area contributed by atoms with Gasteiger partial charge < -0.3 is 9.84 Å². The number of ether oxygens (including phenoxy) is 1. The molecule has 1 unspecified atom stereocenters. The van der Waals surface area contributed by atoms with Crippen LogP contribution in [0, 0.1) is 5.41 Å². The molecule has 5 nitrogen and oxygen atoms in total. The highest BCUT2D eigenvalue weighted by molar-refractivity contribution is 5.82. The molecule has 0 aromatic carbocycles. The fourth-order valence-electron chi connectivity index (χ4n) is 1.59. The molecule has 86 valence electrons. The van der Waals surface area contributed by atoms with E-state index < -0.39 is 18.1 Å². The van der Waals surface area contributed by atoms with Crippen LogP contribution in [0.4, 0.5) is 4.79 Å². The normalized spacial score (nSPS) is 21.3. The largest absolute Gasteiger partial charge is 0.465 e. The molecule has 0 saturated carbocycles. The first-order valence-corrected chi connectivity index (χ1v) is 4.97. The van der Waals surface area contributed by atoms with E-state index in [0.717, 1.165) is 0 Å². The Kier molecular flexibility index (Phi) is 3.21. The molecule has 15 heavy (non-hydrogen) atoms. The van der Waals surface area contributed by atoms with Crippen LogP contribution in [-0.4, -0.2) is 41.3 Å². The van der Waals surface area contributed by atoms with Crippen molar-refractivity contribution >= 4 is 12.1 Å². The van der Waals surface area contributed by atoms with Crippen molar-refractivity contribution in [2.45, 2.75) is 33.2 Å². The van der Waals surface area contributed by atoms with Gasteiger partial charge in [-0.15, -0.1) is 0 Å². The summed E-state index contributed by atoms with van der Waals surface area (Å²) in [7, 11) is 0. The Morgan fingerprint density at radius 1 is 1.60 bits per heavy atom. The number of carboxylic acid groups (broad SMARTS) is 1. The van der Waals surface area contributed by atoms with Crippen LogP contribution in [0.5, 0.6) is 0 Å². The molecule has 0 aliphatic carbocycles. The zero-order valence-electron chi connectivity index (χ0n) is 9.32. The third kappa shape index (κ3) is 3.11. The first-order valence-electron chi connectivity index (χ1n) is 4.97. The number of nitrogens with zero attached hydrogens (tertiary/aromatic N) is 1. The maximum absolute atomic E-state index is 11.3. The minimum Gasteiger partial charge on any atom is -0.465 e. The van der Waals surface area contributed by atoms with Crippen molar-refractivity contribution in [2.75, 3.05) is 13.2 Å². The van der Waals surface area contributed by atoms with E-state index in [0.29, 0.717) is 19.6 Å². The molecule has 1 atom stereocenters. The highest BCUT2D eigenvalue weighted by atomic mass is 16.5. The summed E-state index contributed by atoms with van der Waals surface area (Å²) >= 11 is 0. The highest BCUT2D eigenvalue weighted by Crippen LogP contribution is 2.21. The number of esters is 1. The number of carbonyl (C=O) groups excluding carboxylic acids is 1. The Morgan fingerprint density at radius 2 is 2.20 bits per heavy atom. The van der Waals surface area contributed by atoms with Crippen molar-refractivity contribution in [3.63, 3.8) is 0 Å². The molecule has 0 aromatic heterocycles. The fourth-order valence-corrected chi connectivity index (χ4v) is 1.59. The second-order valence-corrected chi connectivity index (χ2v) is 4.94. The van der Waals surface area contributed by atoms with Gasteiger partial charge in [-0.2, -0.15) is 0 Å². The van der Waals surface area contributed by atoms with Crippen molar-refractivity contribution in [1.82, 2.24) is 4.90 Å². The van der Waals surface area contributed by atoms with E-state index in [9.17, 15) is 9.59 Å². The predicted octanol–water partition coefficient (Wildman–Crippen LogP) is 1.33. The van der Waals surface area contributed by atoms with Gasteiger partial charge >= 0.3 is 12.1 Å². The molecule has 0 bridgehead atoms. The van der Waals surface area contributed by atoms with Crippen LogP contribution in [0.25, 0.3) is 0 Å². The van der Waals surface area contributed by atoms with Gasteiger partial charge in [-0.3, -0.25) is 4.90 Å². The summed E-state index contributed by atoms with van der Waals surface area (Å²) in [5, 5.41) is 9.03. The molecule has 1 N–H and O–H groups in total. The molecular weight excluding hydrogens is 198 g/mol. The molecule has 0 radical (unpaired) electrons. The zero-order valence-corrected chi connectivity index (χ0v) is 9.32. The van der Waals surface area contributed by atoms with Crippen LogP contribution in [0.3, 0.4) is 0 Å². The van der Waals surface area contributed by atoms with Crippen LogP contribution in [0.1, 0.15) is 27.2 Å². The summed E-state index contributed by atoms with van der Waals surface area (Å²) in [5.41, 5.74) is -0.165. The molecule has 1 fully saturated rings. The van der Waals surface area contributed by atoms with Gasteiger partial charge in [-0.25, -0.2) is 9.59 Å². The van der Waals surface area contributed by atoms with Crippen molar-refractivity contribution in [2.24, 2.45) is 5.41 Å². The van der Waals surface area contributed by atoms with Gasteiger partial charge in [0.25, 0.3) is 0 Å². The van der Waals surface area contributed by atoms with Gasteiger partial charge in [0.15, 0.2) is 0 Å². The molecule has 5 heteroatoms. The van der Waals surface area contributed by atoms with Crippen molar-refractivity contribution in [1.29, 1.82) is 0 Å². The van der Waals surface area contributed by atoms with Crippen molar-refractivity contribution < 1.29 is 19.4 Å². The van der Waals surface area contributed by atoms with Crippen LogP contribution < -0.4 is 0 Å². The minimum atomic E-state index is -1.06. The van der Waals surface area contributed by atoms with E-state index in [1.165, 1.54) is 4.90 Å². The Bertz CT molecular complexity index is 269. The SMILES string of the molecule is CC(C)(C)CN(C(=O)O)C1CCOC1=O. The second kappa shape index (κ2) is 4.08. The van der Waals surface area contributed by atoms with Gasteiger partial charge in [-0.05, 0) is 5.41 Å². The molecule has 1 heterocycles. The molecular formula is C10H17NO4. The average Bonchev–Trinajstić information content (AvgIpc) is 2.45. The van der Waals surface area contributed by atoms with E-state index in [1.54, 1.807) is 0 Å². The van der Waals surface area contributed by atoms with E-state index in [1.807, 2.05) is 20.8 Å². The Balaban J connectivity index is 2.74. The van der Waals surface area contributed by atoms with Crippen molar-refractivity contribution in [3.05, 3.63) is 0 Å². The lowest BCUT2D eigenvalue weighted by atomic mass is 9.95. The molecule has 1 saturated heterocycles. The molecule has 1 rings (SSSR count). The Labute approximate surface area is 89.0 Å². The highest BCUT2D eigenvalue weighted by Gasteiger charge is 2.37. The van der Waals surface area contributed by atoms with Crippen LogP contribution >= 0.6 is 0 Å². The number of amides is 1. The Hall–Kier alpha value is -1.26. The average molecular weight is 215 g/mol. The predicted molar refractivity (Wildman–Crippen MR) is 53.5 cm³/mol. The van der Waals surface area contributed by atoms with Gasteiger partial charge in [0, 0.05) is 13.0 Å². The number of rotatable bonds is 2. The monoisotopic (exact) mass is 215 g/mol. The first-order chi connectivity index (χ1) is 6.81. The third-order valence-electron chi connectivity index (χ3n) is 2.17. The number of hydrogen-bond donors (Lipinski definition) is 1. The lowest BCUT2D eigenvalue weighted by Crippen LogP contribution is -2.46. The summed E-state index contributed by atoms with van der Waals surface area (Å²) in [6, 6.07) is -0.623. The minimum absolute atomic E-state index is 0.165. The smallest absolute Gasteiger partial charge is 0.408 e. The summed E-state index contributed by atoms with van der Waals surface area (Å²) in [6.45, 7) is 6.45. The maximum Gasteiger partial charge on any atom is 0.408 e. The molecule has 0 aromatic rings. The fraction of sp³-hybridized carbons (Fsp3) is 0.800. The number of carbonyl (C=O) groups is 2. The number of hydrogen-bond acceptors (Lipinski definition) is 3. The lowest BCUT2D eigenvalue weighted by molar-refractivity contribution is -0.142. The number of cyclic esters (lactones) is 1. The van der Waals surface area contributed by atoms with Crippen LogP contribution in [-0.2, 0) is 9.53 Å². The molecule has 1 amide bonds. The molecule has 1 aliphatic rings. The lowest BCUT2D eigenvalue weighted by Gasteiger charge is -2.30. The zero-order chi connectivity index (χ0) is 11.6. The Morgan fingerprint density at radius 3 is 2.53 bits per heavy atom.